The Morgan fingerprint density at radius 3 is 2.50 bits per heavy atom. The number of halogens is 1. The fourth-order valence-electron chi connectivity index (χ4n) is 3.62. The summed E-state index contributed by atoms with van der Waals surface area (Å²) in [4.78, 5) is 15.2. The molecule has 1 saturated heterocycles. The zero-order chi connectivity index (χ0) is 22.1. The van der Waals surface area contributed by atoms with Crippen LogP contribution in [-0.2, 0) is 10.0 Å². The van der Waals surface area contributed by atoms with Gasteiger partial charge in [0.05, 0.1) is 25.2 Å². The summed E-state index contributed by atoms with van der Waals surface area (Å²) in [6.07, 6.45) is 1.65. The maximum atomic E-state index is 13.4. The molecule has 3 rings (SSSR count). The molecule has 0 aromatic heterocycles. The van der Waals surface area contributed by atoms with Gasteiger partial charge in [-0.1, -0.05) is 0 Å². The topological polar surface area (TPSA) is 76.2 Å². The molecule has 0 spiro atoms. The van der Waals surface area contributed by atoms with E-state index in [1.165, 1.54) is 20.2 Å². The van der Waals surface area contributed by atoms with E-state index in [0.29, 0.717) is 28.1 Å². The molecule has 1 aliphatic heterocycles. The number of nitrogens with zero attached hydrogens (tertiary/aromatic N) is 2. The van der Waals surface area contributed by atoms with E-state index >= 15 is 0 Å². The third-order valence-electron chi connectivity index (χ3n) is 5.25. The average molecular weight is 497 g/mol. The van der Waals surface area contributed by atoms with E-state index < -0.39 is 10.0 Å². The number of likely N-dealkylation sites (tertiary alicyclic amines) is 1. The first-order chi connectivity index (χ1) is 14.2. The van der Waals surface area contributed by atoms with Gasteiger partial charge in [-0.2, -0.15) is 0 Å². The lowest BCUT2D eigenvalue weighted by atomic mass is 10.0. The lowest BCUT2D eigenvalue weighted by Gasteiger charge is -2.27. The van der Waals surface area contributed by atoms with Crippen molar-refractivity contribution in [2.24, 2.45) is 0 Å². The van der Waals surface area contributed by atoms with Gasteiger partial charge in [-0.05, 0) is 59.1 Å². The van der Waals surface area contributed by atoms with Crippen molar-refractivity contribution in [3.8, 4) is 11.5 Å². The summed E-state index contributed by atoms with van der Waals surface area (Å²) in [6, 6.07) is 10.1. The molecular weight excluding hydrogens is 472 g/mol. The maximum absolute atomic E-state index is 13.4. The Hall–Kier alpha value is -2.10. The minimum absolute atomic E-state index is 0.0659. The highest BCUT2D eigenvalue weighted by Gasteiger charge is 2.33. The predicted molar refractivity (Wildman–Crippen MR) is 118 cm³/mol. The molecular formula is C21H25BrN2O5S. The van der Waals surface area contributed by atoms with E-state index in [-0.39, 0.29) is 16.8 Å². The van der Waals surface area contributed by atoms with Gasteiger partial charge in [0.2, 0.25) is 10.0 Å². The fraction of sp³-hybridized carbons (Fsp3) is 0.381. The second-order valence-electron chi connectivity index (χ2n) is 7.20. The number of carbonyl (C=O) groups excluding carboxylic acids is 1. The Labute approximate surface area is 185 Å². The minimum Gasteiger partial charge on any atom is -0.497 e. The molecule has 1 atom stereocenters. The second-order valence-corrected chi connectivity index (χ2v) is 10.2. The summed E-state index contributed by atoms with van der Waals surface area (Å²) in [6.45, 7) is 0.588. The molecule has 1 amide bonds. The maximum Gasteiger partial charge on any atom is 0.254 e. The molecule has 2 aromatic rings. The number of carbonyl (C=O) groups is 1. The molecule has 2 aromatic carbocycles. The van der Waals surface area contributed by atoms with Gasteiger partial charge in [-0.15, -0.1) is 0 Å². The number of ether oxygens (including phenoxy) is 2. The van der Waals surface area contributed by atoms with Crippen LogP contribution in [0, 0.1) is 0 Å². The van der Waals surface area contributed by atoms with Crippen LogP contribution in [0.4, 0.5) is 0 Å². The first-order valence-corrected chi connectivity index (χ1v) is 11.7. The number of benzene rings is 2. The number of sulfonamides is 1. The highest BCUT2D eigenvalue weighted by molar-refractivity contribution is 9.10. The fourth-order valence-corrected chi connectivity index (χ4v) is 5.47. The summed E-state index contributed by atoms with van der Waals surface area (Å²) < 4.78 is 37.6. The van der Waals surface area contributed by atoms with Gasteiger partial charge >= 0.3 is 0 Å². The molecule has 0 bridgehead atoms. The molecule has 7 nitrogen and oxygen atoms in total. The Morgan fingerprint density at radius 1 is 1.13 bits per heavy atom. The van der Waals surface area contributed by atoms with Crippen LogP contribution in [0.2, 0.25) is 0 Å². The first kappa shape index (κ1) is 22.6. The van der Waals surface area contributed by atoms with Crippen LogP contribution in [0.15, 0.2) is 45.8 Å². The molecule has 1 fully saturated rings. The SMILES string of the molecule is COc1ccc(C2CCCN2C(=O)c2ccc(Br)c(S(=O)(=O)N(C)C)c2)c(OC)c1. The molecule has 0 N–H and O–H groups in total. The van der Waals surface area contributed by atoms with Gasteiger partial charge in [-0.25, -0.2) is 12.7 Å². The third-order valence-corrected chi connectivity index (χ3v) is 8.06. The minimum atomic E-state index is -3.69. The van der Waals surface area contributed by atoms with Crippen LogP contribution in [0.25, 0.3) is 0 Å². The largest absolute Gasteiger partial charge is 0.497 e. The zero-order valence-electron chi connectivity index (χ0n) is 17.4. The Bertz CT molecular complexity index is 1060. The summed E-state index contributed by atoms with van der Waals surface area (Å²) in [5.74, 6) is 1.13. The molecule has 9 heteroatoms. The van der Waals surface area contributed by atoms with E-state index in [0.717, 1.165) is 22.7 Å². The van der Waals surface area contributed by atoms with Gasteiger partial charge in [0.25, 0.3) is 5.91 Å². The van der Waals surface area contributed by atoms with Crippen LogP contribution < -0.4 is 9.47 Å². The van der Waals surface area contributed by atoms with E-state index in [4.69, 9.17) is 9.47 Å². The molecule has 162 valence electrons. The van der Waals surface area contributed by atoms with Crippen LogP contribution in [0.3, 0.4) is 0 Å². The second kappa shape index (κ2) is 8.95. The third kappa shape index (κ3) is 4.19. The number of hydrogen-bond donors (Lipinski definition) is 0. The van der Waals surface area contributed by atoms with Crippen molar-refractivity contribution in [2.75, 3.05) is 34.9 Å². The van der Waals surface area contributed by atoms with Gasteiger partial charge in [-0.3, -0.25) is 4.79 Å². The molecule has 1 aliphatic rings. The van der Waals surface area contributed by atoms with Crippen molar-refractivity contribution in [2.45, 2.75) is 23.8 Å². The summed E-state index contributed by atoms with van der Waals surface area (Å²) >= 11 is 3.29. The smallest absolute Gasteiger partial charge is 0.254 e. The van der Waals surface area contributed by atoms with Gasteiger partial charge in [0.1, 0.15) is 11.5 Å². The number of rotatable bonds is 6. The molecule has 0 radical (unpaired) electrons. The average Bonchev–Trinajstić information content (AvgIpc) is 3.22. The van der Waals surface area contributed by atoms with Crippen molar-refractivity contribution >= 4 is 31.9 Å². The van der Waals surface area contributed by atoms with E-state index in [1.807, 2.05) is 12.1 Å². The van der Waals surface area contributed by atoms with Crippen molar-refractivity contribution in [3.63, 3.8) is 0 Å². The normalized spacial score (nSPS) is 16.7. The lowest BCUT2D eigenvalue weighted by molar-refractivity contribution is 0.0734. The summed E-state index contributed by atoms with van der Waals surface area (Å²) in [5.41, 5.74) is 1.24. The van der Waals surface area contributed by atoms with E-state index in [2.05, 4.69) is 15.9 Å². The molecule has 30 heavy (non-hydrogen) atoms. The van der Waals surface area contributed by atoms with E-state index in [9.17, 15) is 13.2 Å². The van der Waals surface area contributed by atoms with Gasteiger partial charge in [0.15, 0.2) is 0 Å². The molecule has 0 aliphatic carbocycles. The molecule has 1 unspecified atom stereocenters. The van der Waals surface area contributed by atoms with Crippen LogP contribution >= 0.6 is 15.9 Å². The Balaban J connectivity index is 1.98. The highest BCUT2D eigenvalue weighted by atomic mass is 79.9. The monoisotopic (exact) mass is 496 g/mol. The van der Waals surface area contributed by atoms with Crippen molar-refractivity contribution in [1.82, 2.24) is 9.21 Å². The number of methoxy groups -OCH3 is 2. The van der Waals surface area contributed by atoms with Crippen LogP contribution in [0.5, 0.6) is 11.5 Å². The zero-order valence-corrected chi connectivity index (χ0v) is 19.8. The predicted octanol–water partition coefficient (Wildman–Crippen LogP) is 3.69. The molecule has 1 heterocycles. The first-order valence-electron chi connectivity index (χ1n) is 9.45. The number of amides is 1. The summed E-state index contributed by atoms with van der Waals surface area (Å²) in [5, 5.41) is 0. The van der Waals surface area contributed by atoms with E-state index in [1.54, 1.807) is 37.3 Å². The standard InChI is InChI=1S/C21H25BrN2O5S/c1-23(2)30(26,27)20-12-14(7-10-17(20)22)21(25)24-11-5-6-18(24)16-9-8-15(28-3)13-19(16)29-4/h7-10,12-13,18H,5-6,11H2,1-4H3. The summed E-state index contributed by atoms with van der Waals surface area (Å²) in [7, 11) is 2.41. The quantitative estimate of drug-likeness (QED) is 0.609. The van der Waals surface area contributed by atoms with Crippen molar-refractivity contribution in [3.05, 3.63) is 52.0 Å². The lowest BCUT2D eigenvalue weighted by Crippen LogP contribution is -2.31. The Kier molecular flexibility index (Phi) is 6.74. The van der Waals surface area contributed by atoms with Gasteiger partial charge in [0, 0.05) is 42.3 Å². The van der Waals surface area contributed by atoms with Crippen molar-refractivity contribution < 1.29 is 22.7 Å². The van der Waals surface area contributed by atoms with Gasteiger partial charge < -0.3 is 14.4 Å². The Morgan fingerprint density at radius 2 is 1.87 bits per heavy atom. The van der Waals surface area contributed by atoms with Crippen LogP contribution in [-0.4, -0.2) is 58.4 Å². The van der Waals surface area contributed by atoms with Crippen LogP contribution in [0.1, 0.15) is 34.8 Å². The molecule has 0 saturated carbocycles. The van der Waals surface area contributed by atoms with Crippen molar-refractivity contribution in [1.29, 1.82) is 0 Å². The highest BCUT2D eigenvalue weighted by Crippen LogP contribution is 2.39. The number of hydrogen-bond acceptors (Lipinski definition) is 5.